The molecule has 2 aromatic rings. The smallest absolute Gasteiger partial charge is 0.223 e. The minimum absolute atomic E-state index is 0.00183. The third kappa shape index (κ3) is 5.10. The summed E-state index contributed by atoms with van der Waals surface area (Å²) in [6.07, 6.45) is 1.60. The Hall–Kier alpha value is -2.27. The Labute approximate surface area is 146 Å². The van der Waals surface area contributed by atoms with E-state index in [0.717, 1.165) is 43.6 Å². The summed E-state index contributed by atoms with van der Waals surface area (Å²) in [7, 11) is 0. The predicted octanol–water partition coefficient (Wildman–Crippen LogP) is 3.49. The van der Waals surface area contributed by atoms with Crippen LogP contribution in [-0.2, 0) is 17.9 Å². The van der Waals surface area contributed by atoms with Gasteiger partial charge in [-0.1, -0.05) is 24.3 Å². The summed E-state index contributed by atoms with van der Waals surface area (Å²) in [4.78, 5) is 14.6. The van der Waals surface area contributed by atoms with Crippen molar-refractivity contribution in [2.45, 2.75) is 25.9 Å². The number of hydrogen-bond donors (Lipinski definition) is 1. The normalized spacial score (nSPS) is 15.9. The van der Waals surface area contributed by atoms with Crippen LogP contribution in [0.4, 0.5) is 8.78 Å². The molecule has 0 atom stereocenters. The van der Waals surface area contributed by atoms with Gasteiger partial charge in [-0.3, -0.25) is 9.69 Å². The molecule has 1 fully saturated rings. The van der Waals surface area contributed by atoms with Crippen molar-refractivity contribution < 1.29 is 13.6 Å². The number of carbonyl (C=O) groups excluding carboxylic acids is 1. The van der Waals surface area contributed by atoms with Crippen molar-refractivity contribution in [3.05, 3.63) is 71.3 Å². The second kappa shape index (κ2) is 8.21. The zero-order chi connectivity index (χ0) is 17.6. The van der Waals surface area contributed by atoms with E-state index in [4.69, 9.17) is 0 Å². The number of amides is 1. The van der Waals surface area contributed by atoms with Crippen molar-refractivity contribution >= 4 is 5.91 Å². The summed E-state index contributed by atoms with van der Waals surface area (Å²) in [6.45, 7) is 2.81. The number of hydrogen-bond acceptors (Lipinski definition) is 2. The van der Waals surface area contributed by atoms with Crippen LogP contribution in [0.5, 0.6) is 0 Å². The van der Waals surface area contributed by atoms with Gasteiger partial charge in [0.2, 0.25) is 5.91 Å². The van der Waals surface area contributed by atoms with Crippen molar-refractivity contribution in [3.63, 3.8) is 0 Å². The van der Waals surface area contributed by atoms with Crippen molar-refractivity contribution in [2.75, 3.05) is 13.1 Å². The molecule has 1 aliphatic heterocycles. The third-order valence-corrected chi connectivity index (χ3v) is 4.63. The van der Waals surface area contributed by atoms with E-state index in [1.54, 1.807) is 24.3 Å². The van der Waals surface area contributed by atoms with Crippen LogP contribution in [0.15, 0.2) is 48.5 Å². The molecule has 0 aromatic heterocycles. The molecule has 5 heteroatoms. The standard InChI is InChI=1S/C20H22F2N2O/c21-18-6-4-15(5-7-18)14-24-10-8-17(9-11-24)20(25)23-13-16-2-1-3-19(22)12-16/h1-7,12,17H,8-11,13-14H2,(H,23,25). The average Bonchev–Trinajstić information content (AvgIpc) is 2.62. The highest BCUT2D eigenvalue weighted by Crippen LogP contribution is 2.19. The number of piperidine rings is 1. The van der Waals surface area contributed by atoms with Gasteiger partial charge in [-0.15, -0.1) is 0 Å². The summed E-state index contributed by atoms with van der Waals surface area (Å²) in [5.74, 6) is -0.484. The lowest BCUT2D eigenvalue weighted by Gasteiger charge is -2.31. The second-order valence-electron chi connectivity index (χ2n) is 6.52. The molecule has 132 valence electrons. The van der Waals surface area contributed by atoms with Gasteiger partial charge >= 0.3 is 0 Å². The monoisotopic (exact) mass is 344 g/mol. The number of carbonyl (C=O) groups is 1. The lowest BCUT2D eigenvalue weighted by Crippen LogP contribution is -2.40. The van der Waals surface area contributed by atoms with Gasteiger partial charge in [0.25, 0.3) is 0 Å². The molecule has 3 rings (SSSR count). The van der Waals surface area contributed by atoms with E-state index in [1.807, 2.05) is 0 Å². The highest BCUT2D eigenvalue weighted by molar-refractivity contribution is 5.78. The molecule has 0 unspecified atom stereocenters. The summed E-state index contributed by atoms with van der Waals surface area (Å²) in [5, 5.41) is 2.90. The number of halogens is 2. The van der Waals surface area contributed by atoms with Gasteiger partial charge in [-0.05, 0) is 61.3 Å². The zero-order valence-electron chi connectivity index (χ0n) is 14.1. The van der Waals surface area contributed by atoms with Crippen LogP contribution in [0.2, 0.25) is 0 Å². The van der Waals surface area contributed by atoms with Crippen LogP contribution in [0, 0.1) is 17.6 Å². The molecule has 0 aliphatic carbocycles. The van der Waals surface area contributed by atoms with E-state index in [9.17, 15) is 13.6 Å². The molecule has 0 radical (unpaired) electrons. The van der Waals surface area contributed by atoms with Crippen LogP contribution >= 0.6 is 0 Å². The van der Waals surface area contributed by atoms with Crippen LogP contribution in [0.25, 0.3) is 0 Å². The second-order valence-corrected chi connectivity index (χ2v) is 6.52. The highest BCUT2D eigenvalue weighted by atomic mass is 19.1. The molecule has 3 nitrogen and oxygen atoms in total. The Kier molecular flexibility index (Phi) is 5.76. The minimum Gasteiger partial charge on any atom is -0.352 e. The van der Waals surface area contributed by atoms with E-state index in [0.29, 0.717) is 6.54 Å². The van der Waals surface area contributed by atoms with Crippen LogP contribution in [0.3, 0.4) is 0 Å². The Morgan fingerprint density at radius 2 is 1.72 bits per heavy atom. The molecular formula is C20H22F2N2O. The molecule has 1 aliphatic rings. The first-order chi connectivity index (χ1) is 12.1. The lowest BCUT2D eigenvalue weighted by atomic mass is 9.95. The highest BCUT2D eigenvalue weighted by Gasteiger charge is 2.24. The van der Waals surface area contributed by atoms with Crippen molar-refractivity contribution in [1.82, 2.24) is 10.2 Å². The molecular weight excluding hydrogens is 322 g/mol. The number of nitrogens with one attached hydrogen (secondary N) is 1. The first-order valence-corrected chi connectivity index (χ1v) is 8.59. The van der Waals surface area contributed by atoms with Crippen LogP contribution in [-0.4, -0.2) is 23.9 Å². The Balaban J connectivity index is 1.43. The predicted molar refractivity (Wildman–Crippen MR) is 92.6 cm³/mol. The maximum atomic E-state index is 13.2. The number of benzene rings is 2. The summed E-state index contributed by atoms with van der Waals surface area (Å²) in [6, 6.07) is 12.8. The first-order valence-electron chi connectivity index (χ1n) is 8.59. The first kappa shape index (κ1) is 17.5. The molecule has 0 spiro atoms. The molecule has 1 heterocycles. The SMILES string of the molecule is O=C(NCc1cccc(F)c1)C1CCN(Cc2ccc(F)cc2)CC1. The van der Waals surface area contributed by atoms with Gasteiger partial charge in [0, 0.05) is 19.0 Å². The topological polar surface area (TPSA) is 32.3 Å². The van der Waals surface area contributed by atoms with Gasteiger partial charge in [0.05, 0.1) is 0 Å². The molecule has 1 N–H and O–H groups in total. The van der Waals surface area contributed by atoms with E-state index in [-0.39, 0.29) is 23.5 Å². The maximum Gasteiger partial charge on any atom is 0.223 e. The van der Waals surface area contributed by atoms with E-state index in [2.05, 4.69) is 10.2 Å². The van der Waals surface area contributed by atoms with Gasteiger partial charge < -0.3 is 5.32 Å². The number of likely N-dealkylation sites (tertiary alicyclic amines) is 1. The van der Waals surface area contributed by atoms with E-state index < -0.39 is 0 Å². The zero-order valence-corrected chi connectivity index (χ0v) is 14.1. The quantitative estimate of drug-likeness (QED) is 0.900. The van der Waals surface area contributed by atoms with Crippen LogP contribution in [0.1, 0.15) is 24.0 Å². The Morgan fingerprint density at radius 3 is 2.40 bits per heavy atom. The molecule has 0 saturated carbocycles. The molecule has 25 heavy (non-hydrogen) atoms. The molecule has 1 saturated heterocycles. The van der Waals surface area contributed by atoms with Gasteiger partial charge in [-0.2, -0.15) is 0 Å². The minimum atomic E-state index is -0.291. The number of rotatable bonds is 5. The fourth-order valence-electron chi connectivity index (χ4n) is 3.18. The fraction of sp³-hybridized carbons (Fsp3) is 0.350. The van der Waals surface area contributed by atoms with Gasteiger partial charge in [0.15, 0.2) is 0 Å². The summed E-state index contributed by atoms with van der Waals surface area (Å²) in [5.41, 5.74) is 1.84. The van der Waals surface area contributed by atoms with Crippen molar-refractivity contribution in [3.8, 4) is 0 Å². The van der Waals surface area contributed by atoms with Crippen molar-refractivity contribution in [2.24, 2.45) is 5.92 Å². The van der Waals surface area contributed by atoms with E-state index >= 15 is 0 Å². The summed E-state index contributed by atoms with van der Waals surface area (Å²) < 4.78 is 26.1. The molecule has 2 aromatic carbocycles. The lowest BCUT2D eigenvalue weighted by molar-refractivity contribution is -0.126. The van der Waals surface area contributed by atoms with Crippen molar-refractivity contribution in [1.29, 1.82) is 0 Å². The maximum absolute atomic E-state index is 13.2. The summed E-state index contributed by atoms with van der Waals surface area (Å²) >= 11 is 0. The molecule has 0 bridgehead atoms. The Morgan fingerprint density at radius 1 is 1.00 bits per heavy atom. The van der Waals surface area contributed by atoms with Gasteiger partial charge in [0.1, 0.15) is 11.6 Å². The third-order valence-electron chi connectivity index (χ3n) is 4.63. The fourth-order valence-corrected chi connectivity index (χ4v) is 3.18. The largest absolute Gasteiger partial charge is 0.352 e. The average molecular weight is 344 g/mol. The van der Waals surface area contributed by atoms with Crippen LogP contribution < -0.4 is 5.32 Å². The Bertz CT molecular complexity index is 710. The van der Waals surface area contributed by atoms with E-state index in [1.165, 1.54) is 24.3 Å². The van der Waals surface area contributed by atoms with Gasteiger partial charge in [-0.25, -0.2) is 8.78 Å². The molecule has 1 amide bonds. The number of nitrogens with zero attached hydrogens (tertiary/aromatic N) is 1.